The first kappa shape index (κ1) is 28.8. The van der Waals surface area contributed by atoms with Crippen LogP contribution in [0.15, 0.2) is 46.8 Å². The largest absolute Gasteiger partial charge is 0.481 e. The zero-order valence-corrected chi connectivity index (χ0v) is 20.8. The lowest BCUT2D eigenvalue weighted by Gasteiger charge is -2.35. The topological polar surface area (TPSA) is 147 Å². The maximum atomic E-state index is 11.2. The van der Waals surface area contributed by atoms with E-state index in [9.17, 15) is 14.7 Å². The summed E-state index contributed by atoms with van der Waals surface area (Å²) in [6.07, 6.45) is -1.71. The molecule has 3 atom stereocenters. The lowest BCUT2D eigenvalue weighted by Crippen LogP contribution is -2.40. The zero-order valence-electron chi connectivity index (χ0n) is 20.0. The minimum absolute atomic E-state index is 0.142. The van der Waals surface area contributed by atoms with Crippen molar-refractivity contribution in [3.8, 4) is 0 Å². The summed E-state index contributed by atoms with van der Waals surface area (Å²) in [5.74, 6) is -2.87. The Morgan fingerprint density at radius 2 is 1.91 bits per heavy atom. The number of carboxylic acids is 2. The van der Waals surface area contributed by atoms with E-state index in [1.807, 2.05) is 32.0 Å². The highest BCUT2D eigenvalue weighted by Crippen LogP contribution is 2.42. The number of carbonyl (C=O) groups is 2. The van der Waals surface area contributed by atoms with E-state index in [2.05, 4.69) is 10.6 Å². The predicted octanol–water partition coefficient (Wildman–Crippen LogP) is 2.09. The Hall–Kier alpha value is -2.47. The number of benzene rings is 1. The van der Waals surface area contributed by atoms with Crippen LogP contribution in [-0.4, -0.2) is 79.7 Å². The van der Waals surface area contributed by atoms with E-state index in [1.54, 1.807) is 6.07 Å². The lowest BCUT2D eigenvalue weighted by atomic mass is 9.80. The molecule has 0 bridgehead atoms. The van der Waals surface area contributed by atoms with Gasteiger partial charge in [-0.25, -0.2) is 0 Å². The van der Waals surface area contributed by atoms with Gasteiger partial charge >= 0.3 is 11.9 Å². The van der Waals surface area contributed by atoms with E-state index in [-0.39, 0.29) is 26.4 Å². The molecule has 11 heteroatoms. The summed E-state index contributed by atoms with van der Waals surface area (Å²) in [6, 6.07) is 6.15. The predicted molar refractivity (Wildman–Crippen MR) is 129 cm³/mol. The second kappa shape index (κ2) is 14.2. The smallest absolute Gasteiger partial charge is 0.321 e. The molecule has 3 unspecified atom stereocenters. The zero-order chi connectivity index (χ0) is 26.0. The van der Waals surface area contributed by atoms with Gasteiger partial charge in [0.15, 0.2) is 6.29 Å². The van der Waals surface area contributed by atoms with E-state index in [4.69, 9.17) is 36.0 Å². The van der Waals surface area contributed by atoms with Crippen LogP contribution in [-0.2, 0) is 23.8 Å². The Balaban J connectivity index is 2.26. The van der Waals surface area contributed by atoms with E-state index in [1.165, 1.54) is 7.11 Å². The Labute approximate surface area is 209 Å². The van der Waals surface area contributed by atoms with E-state index in [0.29, 0.717) is 22.9 Å². The van der Waals surface area contributed by atoms with Crippen LogP contribution in [0.1, 0.15) is 31.7 Å². The minimum atomic E-state index is -1.24. The summed E-state index contributed by atoms with van der Waals surface area (Å²) in [7, 11) is 1.42. The number of rotatable bonds is 15. The SMILES string of the molecule is CCOCC1=C(COCCNC(CC(=O)O)C(=O)O)NC(C)=C(C(O)OC)C1c1ccccc1Cl. The van der Waals surface area contributed by atoms with E-state index >= 15 is 0 Å². The van der Waals surface area contributed by atoms with Gasteiger partial charge in [-0.15, -0.1) is 0 Å². The van der Waals surface area contributed by atoms with Crippen molar-refractivity contribution < 1.29 is 39.1 Å². The molecule has 194 valence electrons. The van der Waals surface area contributed by atoms with Crippen LogP contribution in [0, 0.1) is 0 Å². The summed E-state index contributed by atoms with van der Waals surface area (Å²) >= 11 is 6.54. The fraction of sp³-hybridized carbons (Fsp3) is 0.500. The average molecular weight is 513 g/mol. The first-order chi connectivity index (χ1) is 16.7. The molecule has 1 aromatic carbocycles. The Morgan fingerprint density at radius 1 is 1.20 bits per heavy atom. The average Bonchev–Trinajstić information content (AvgIpc) is 2.81. The number of nitrogens with one attached hydrogen (secondary N) is 2. The minimum Gasteiger partial charge on any atom is -0.481 e. The maximum absolute atomic E-state index is 11.2. The van der Waals surface area contributed by atoms with Crippen molar-refractivity contribution in [2.45, 2.75) is 38.5 Å². The molecule has 0 saturated carbocycles. The van der Waals surface area contributed by atoms with Crippen LogP contribution in [0.3, 0.4) is 0 Å². The third kappa shape index (κ3) is 8.03. The molecule has 0 fully saturated rings. The first-order valence-corrected chi connectivity index (χ1v) is 11.6. The molecule has 0 spiro atoms. The van der Waals surface area contributed by atoms with Crippen molar-refractivity contribution in [2.75, 3.05) is 40.1 Å². The molecule has 0 radical (unpaired) electrons. The molecular formula is C24H33ClN2O8. The lowest BCUT2D eigenvalue weighted by molar-refractivity contribution is -0.146. The van der Waals surface area contributed by atoms with Gasteiger partial charge in [0.1, 0.15) is 6.04 Å². The van der Waals surface area contributed by atoms with Crippen molar-refractivity contribution in [1.29, 1.82) is 0 Å². The fourth-order valence-corrected chi connectivity index (χ4v) is 4.13. The second-order valence-corrected chi connectivity index (χ2v) is 8.29. The number of aliphatic hydroxyl groups excluding tert-OH is 1. The summed E-state index contributed by atoms with van der Waals surface area (Å²) in [5, 5.41) is 35.1. The summed E-state index contributed by atoms with van der Waals surface area (Å²) in [6.45, 7) is 4.87. The van der Waals surface area contributed by atoms with Gasteiger partial charge in [0.2, 0.25) is 0 Å². The molecule has 0 aromatic heterocycles. The number of aliphatic hydroxyl groups is 1. The van der Waals surface area contributed by atoms with Gasteiger partial charge in [-0.3, -0.25) is 9.59 Å². The number of halogens is 1. The number of carboxylic acid groups (broad SMARTS) is 2. The summed E-state index contributed by atoms with van der Waals surface area (Å²) in [5.41, 5.74) is 3.63. The quantitative estimate of drug-likeness (QED) is 0.175. The van der Waals surface area contributed by atoms with Gasteiger partial charge in [0.05, 0.1) is 26.2 Å². The number of methoxy groups -OCH3 is 1. The normalized spacial score (nSPS) is 17.8. The van der Waals surface area contributed by atoms with Crippen molar-refractivity contribution in [3.63, 3.8) is 0 Å². The van der Waals surface area contributed by atoms with Crippen molar-refractivity contribution in [1.82, 2.24) is 10.6 Å². The Morgan fingerprint density at radius 3 is 2.51 bits per heavy atom. The highest BCUT2D eigenvalue weighted by atomic mass is 35.5. The number of aliphatic carboxylic acids is 2. The maximum Gasteiger partial charge on any atom is 0.321 e. The van der Waals surface area contributed by atoms with Gasteiger partial charge in [-0.1, -0.05) is 29.8 Å². The first-order valence-electron chi connectivity index (χ1n) is 11.2. The molecule has 10 nitrogen and oxygen atoms in total. The van der Waals surface area contributed by atoms with Crippen molar-refractivity contribution in [3.05, 3.63) is 57.4 Å². The van der Waals surface area contributed by atoms with Gasteiger partial charge < -0.3 is 40.2 Å². The Bertz CT molecular complexity index is 949. The molecule has 1 aromatic rings. The van der Waals surface area contributed by atoms with Crippen molar-refractivity contribution >= 4 is 23.5 Å². The molecule has 2 rings (SSSR count). The van der Waals surface area contributed by atoms with Crippen LogP contribution in [0.4, 0.5) is 0 Å². The number of dihydropyridines is 1. The van der Waals surface area contributed by atoms with Crippen LogP contribution in [0.2, 0.25) is 5.02 Å². The molecule has 1 aliphatic heterocycles. The third-order valence-corrected chi connectivity index (χ3v) is 5.89. The van der Waals surface area contributed by atoms with Gasteiger partial charge in [-0.2, -0.15) is 0 Å². The molecule has 0 aliphatic carbocycles. The van der Waals surface area contributed by atoms with E-state index in [0.717, 1.165) is 16.8 Å². The van der Waals surface area contributed by atoms with Gasteiger partial charge in [0.25, 0.3) is 0 Å². The van der Waals surface area contributed by atoms with Crippen molar-refractivity contribution in [2.24, 2.45) is 0 Å². The van der Waals surface area contributed by atoms with Crippen LogP contribution >= 0.6 is 11.6 Å². The van der Waals surface area contributed by atoms with Gasteiger partial charge in [0, 0.05) is 48.2 Å². The van der Waals surface area contributed by atoms with Crippen LogP contribution in [0.5, 0.6) is 0 Å². The molecule has 0 amide bonds. The monoisotopic (exact) mass is 512 g/mol. The highest BCUT2D eigenvalue weighted by molar-refractivity contribution is 6.31. The summed E-state index contributed by atoms with van der Waals surface area (Å²) < 4.78 is 16.8. The Kier molecular flexibility index (Phi) is 11.7. The number of allylic oxidation sites excluding steroid dienone is 1. The molecule has 0 saturated heterocycles. The fourth-order valence-electron chi connectivity index (χ4n) is 3.89. The highest BCUT2D eigenvalue weighted by Gasteiger charge is 2.35. The van der Waals surface area contributed by atoms with Crippen LogP contribution in [0.25, 0.3) is 0 Å². The van der Waals surface area contributed by atoms with E-state index < -0.39 is 36.6 Å². The number of hydrogen-bond acceptors (Lipinski definition) is 8. The molecule has 35 heavy (non-hydrogen) atoms. The van der Waals surface area contributed by atoms with Gasteiger partial charge in [-0.05, 0) is 31.1 Å². The molecule has 1 aliphatic rings. The number of hydrogen-bond donors (Lipinski definition) is 5. The molecule has 5 N–H and O–H groups in total. The second-order valence-electron chi connectivity index (χ2n) is 7.88. The van der Waals surface area contributed by atoms with Crippen LogP contribution < -0.4 is 10.6 Å². The third-order valence-electron chi connectivity index (χ3n) is 5.55. The number of ether oxygens (including phenoxy) is 3. The molecular weight excluding hydrogens is 480 g/mol. The summed E-state index contributed by atoms with van der Waals surface area (Å²) in [4.78, 5) is 22.0. The molecule has 1 heterocycles. The standard InChI is InChI=1S/C24H33ClN2O8/c1-4-34-12-16-19(13-35-10-9-26-18(23(30)31)11-20(28)29)27-14(2)21(24(32)33-3)22(16)15-7-5-6-8-17(15)25/h5-8,18,22,24,26-27,32H,4,9-13H2,1-3H3,(H,28,29)(H,30,31).